The zero-order valence-corrected chi connectivity index (χ0v) is 13.5. The summed E-state index contributed by atoms with van der Waals surface area (Å²) in [5.41, 5.74) is 3.50. The van der Waals surface area contributed by atoms with E-state index in [4.69, 9.17) is 4.42 Å². The Kier molecular flexibility index (Phi) is 4.56. The van der Waals surface area contributed by atoms with Gasteiger partial charge in [0, 0.05) is 5.69 Å². The van der Waals surface area contributed by atoms with Gasteiger partial charge >= 0.3 is 0 Å². The maximum Gasteiger partial charge on any atom is 0.271 e. The molecule has 1 aromatic carbocycles. The number of amides is 1. The molecular weight excluding hydrogens is 304 g/mol. The average molecular weight is 322 g/mol. The summed E-state index contributed by atoms with van der Waals surface area (Å²) >= 11 is 0. The lowest BCUT2D eigenvalue weighted by Gasteiger charge is -2.10. The number of anilines is 2. The second kappa shape index (κ2) is 6.95. The molecule has 3 aromatic rings. The predicted octanol–water partition coefficient (Wildman–Crippen LogP) is 3.36. The van der Waals surface area contributed by atoms with Crippen molar-refractivity contribution in [2.24, 2.45) is 0 Å². The summed E-state index contributed by atoms with van der Waals surface area (Å²) in [6.07, 6.45) is 4.56. The molecule has 6 heteroatoms. The second-order valence-electron chi connectivity index (χ2n) is 5.49. The zero-order valence-electron chi connectivity index (χ0n) is 13.5. The second-order valence-corrected chi connectivity index (χ2v) is 5.49. The van der Waals surface area contributed by atoms with Gasteiger partial charge in [0.15, 0.2) is 0 Å². The summed E-state index contributed by atoms with van der Waals surface area (Å²) in [6.45, 7) is 4.37. The van der Waals surface area contributed by atoms with Crippen LogP contribution in [0.5, 0.6) is 0 Å². The molecular formula is C18H18N4O2. The van der Waals surface area contributed by atoms with E-state index in [9.17, 15) is 4.79 Å². The van der Waals surface area contributed by atoms with Crippen LogP contribution in [0.2, 0.25) is 0 Å². The lowest BCUT2D eigenvalue weighted by molar-refractivity contribution is 0.0942. The van der Waals surface area contributed by atoms with Gasteiger partial charge in [-0.05, 0) is 43.2 Å². The number of hydrogen-bond donors (Lipinski definition) is 2. The van der Waals surface area contributed by atoms with Gasteiger partial charge in [0.25, 0.3) is 5.91 Å². The van der Waals surface area contributed by atoms with Crippen molar-refractivity contribution in [2.75, 3.05) is 5.32 Å². The van der Waals surface area contributed by atoms with Crippen LogP contribution in [0, 0.1) is 13.8 Å². The Balaban J connectivity index is 1.64. The highest BCUT2D eigenvalue weighted by molar-refractivity contribution is 5.91. The fourth-order valence-corrected chi connectivity index (χ4v) is 2.19. The first-order valence-corrected chi connectivity index (χ1v) is 7.59. The van der Waals surface area contributed by atoms with Crippen LogP contribution in [0.1, 0.15) is 27.4 Å². The standard InChI is InChI=1S/C18H18N4O2/c1-12-5-6-13(2)15(8-12)22-17-11-19-16(10-20-17)18(23)21-9-14-4-3-7-24-14/h3-8,10-11H,9H2,1-2H3,(H,20,22)(H,21,23). The van der Waals surface area contributed by atoms with Crippen molar-refractivity contribution in [3.63, 3.8) is 0 Å². The number of carbonyl (C=O) groups excluding carboxylic acids is 1. The van der Waals surface area contributed by atoms with Crippen molar-refractivity contribution in [1.82, 2.24) is 15.3 Å². The fraction of sp³-hybridized carbons (Fsp3) is 0.167. The molecule has 1 amide bonds. The number of carbonyl (C=O) groups is 1. The van der Waals surface area contributed by atoms with E-state index in [-0.39, 0.29) is 11.6 Å². The third-order valence-corrected chi connectivity index (χ3v) is 3.54. The van der Waals surface area contributed by atoms with Crippen molar-refractivity contribution >= 4 is 17.4 Å². The molecule has 6 nitrogen and oxygen atoms in total. The molecule has 0 aliphatic heterocycles. The number of benzene rings is 1. The van der Waals surface area contributed by atoms with Crippen LogP contribution in [-0.2, 0) is 6.54 Å². The molecule has 0 saturated carbocycles. The van der Waals surface area contributed by atoms with Crippen LogP contribution >= 0.6 is 0 Å². The van der Waals surface area contributed by atoms with Crippen LogP contribution in [0.15, 0.2) is 53.4 Å². The van der Waals surface area contributed by atoms with Gasteiger partial charge in [-0.15, -0.1) is 0 Å². The van der Waals surface area contributed by atoms with Crippen molar-refractivity contribution in [3.05, 3.63) is 71.6 Å². The van der Waals surface area contributed by atoms with Crippen LogP contribution in [0.3, 0.4) is 0 Å². The summed E-state index contributed by atoms with van der Waals surface area (Å²) < 4.78 is 5.17. The SMILES string of the molecule is Cc1ccc(C)c(Nc2cnc(C(=O)NCc3ccco3)cn2)c1. The molecule has 0 aliphatic carbocycles. The topological polar surface area (TPSA) is 80.0 Å². The summed E-state index contributed by atoms with van der Waals surface area (Å²) in [5, 5.41) is 5.94. The van der Waals surface area contributed by atoms with Crippen molar-refractivity contribution in [1.29, 1.82) is 0 Å². The number of nitrogens with zero attached hydrogens (tertiary/aromatic N) is 2. The molecule has 2 N–H and O–H groups in total. The lowest BCUT2D eigenvalue weighted by Crippen LogP contribution is -2.23. The van der Waals surface area contributed by atoms with E-state index in [0.29, 0.717) is 18.1 Å². The molecule has 122 valence electrons. The fourth-order valence-electron chi connectivity index (χ4n) is 2.19. The number of furan rings is 1. The minimum atomic E-state index is -0.294. The molecule has 0 radical (unpaired) electrons. The van der Waals surface area contributed by atoms with Gasteiger partial charge < -0.3 is 15.1 Å². The van der Waals surface area contributed by atoms with E-state index in [1.54, 1.807) is 24.6 Å². The molecule has 2 heterocycles. The number of nitrogens with one attached hydrogen (secondary N) is 2. The molecule has 3 rings (SSSR count). The van der Waals surface area contributed by atoms with Gasteiger partial charge in [-0.3, -0.25) is 4.79 Å². The molecule has 24 heavy (non-hydrogen) atoms. The van der Waals surface area contributed by atoms with Crippen molar-refractivity contribution < 1.29 is 9.21 Å². The molecule has 0 fully saturated rings. The minimum Gasteiger partial charge on any atom is -0.467 e. The summed E-state index contributed by atoms with van der Waals surface area (Å²) in [4.78, 5) is 20.4. The first kappa shape index (κ1) is 15.7. The number of aromatic nitrogens is 2. The van der Waals surface area contributed by atoms with Crippen LogP contribution in [0.4, 0.5) is 11.5 Å². The van der Waals surface area contributed by atoms with Gasteiger partial charge in [0.1, 0.15) is 17.3 Å². The molecule has 0 aliphatic rings. The minimum absolute atomic E-state index is 0.257. The number of aryl methyl sites for hydroxylation is 2. The van der Waals surface area contributed by atoms with Gasteiger partial charge in [-0.2, -0.15) is 0 Å². The number of rotatable bonds is 5. The highest BCUT2D eigenvalue weighted by Crippen LogP contribution is 2.20. The molecule has 0 saturated heterocycles. The van der Waals surface area contributed by atoms with E-state index >= 15 is 0 Å². The smallest absolute Gasteiger partial charge is 0.271 e. The molecule has 0 bridgehead atoms. The van der Waals surface area contributed by atoms with Gasteiger partial charge in [0.05, 0.1) is 25.2 Å². The Morgan fingerprint density at radius 3 is 2.75 bits per heavy atom. The maximum absolute atomic E-state index is 12.0. The normalized spacial score (nSPS) is 10.4. The van der Waals surface area contributed by atoms with Gasteiger partial charge in [-0.25, -0.2) is 9.97 Å². The summed E-state index contributed by atoms with van der Waals surface area (Å²) in [6, 6.07) is 9.71. The third-order valence-electron chi connectivity index (χ3n) is 3.54. The Hall–Kier alpha value is -3.15. The van der Waals surface area contributed by atoms with Crippen LogP contribution < -0.4 is 10.6 Å². The first-order valence-electron chi connectivity index (χ1n) is 7.59. The van der Waals surface area contributed by atoms with E-state index in [2.05, 4.69) is 26.7 Å². The summed E-state index contributed by atoms with van der Waals surface area (Å²) in [7, 11) is 0. The largest absolute Gasteiger partial charge is 0.467 e. The molecule has 0 atom stereocenters. The average Bonchev–Trinajstić information content (AvgIpc) is 3.10. The maximum atomic E-state index is 12.0. The monoisotopic (exact) mass is 322 g/mol. The Labute approximate surface area is 140 Å². The van der Waals surface area contributed by atoms with Crippen LogP contribution in [0.25, 0.3) is 0 Å². The lowest BCUT2D eigenvalue weighted by atomic mass is 10.1. The highest BCUT2D eigenvalue weighted by atomic mass is 16.3. The van der Waals surface area contributed by atoms with E-state index in [1.807, 2.05) is 26.0 Å². The molecule has 0 unspecified atom stereocenters. The summed E-state index contributed by atoms with van der Waals surface area (Å²) in [5.74, 6) is 0.980. The first-order chi connectivity index (χ1) is 11.6. The Morgan fingerprint density at radius 2 is 2.04 bits per heavy atom. The van der Waals surface area contributed by atoms with Crippen molar-refractivity contribution in [2.45, 2.75) is 20.4 Å². The van der Waals surface area contributed by atoms with Crippen molar-refractivity contribution in [3.8, 4) is 0 Å². The van der Waals surface area contributed by atoms with Gasteiger partial charge in [-0.1, -0.05) is 12.1 Å². The quantitative estimate of drug-likeness (QED) is 0.753. The van der Waals surface area contributed by atoms with Crippen LogP contribution in [-0.4, -0.2) is 15.9 Å². The zero-order chi connectivity index (χ0) is 16.9. The Morgan fingerprint density at radius 1 is 1.17 bits per heavy atom. The van der Waals surface area contributed by atoms with E-state index < -0.39 is 0 Å². The Bertz CT molecular complexity index is 827. The van der Waals surface area contributed by atoms with E-state index in [0.717, 1.165) is 16.8 Å². The third kappa shape index (κ3) is 3.78. The predicted molar refractivity (Wildman–Crippen MR) is 91.1 cm³/mol. The van der Waals surface area contributed by atoms with E-state index in [1.165, 1.54) is 6.20 Å². The molecule has 0 spiro atoms. The number of hydrogen-bond acceptors (Lipinski definition) is 5. The van der Waals surface area contributed by atoms with Gasteiger partial charge in [0.2, 0.25) is 0 Å². The highest BCUT2D eigenvalue weighted by Gasteiger charge is 2.09. The molecule has 2 aromatic heterocycles.